The molecule has 3 nitrogen and oxygen atoms in total. The van der Waals surface area contributed by atoms with Gasteiger partial charge in [-0.15, -0.1) is 0 Å². The van der Waals surface area contributed by atoms with E-state index in [9.17, 15) is 0 Å². The summed E-state index contributed by atoms with van der Waals surface area (Å²) < 4.78 is 5.48. The third-order valence-electron chi connectivity index (χ3n) is 2.55. The van der Waals surface area contributed by atoms with E-state index in [4.69, 9.17) is 4.74 Å². The molecule has 1 N–H and O–H groups in total. The molecule has 0 bridgehead atoms. The van der Waals surface area contributed by atoms with Crippen LogP contribution in [-0.4, -0.2) is 17.6 Å². The zero-order valence-electron chi connectivity index (χ0n) is 8.94. The van der Waals surface area contributed by atoms with E-state index in [0.717, 1.165) is 30.8 Å². The lowest BCUT2D eigenvalue weighted by atomic mass is 10.1. The molecule has 1 unspecified atom stereocenters. The summed E-state index contributed by atoms with van der Waals surface area (Å²) in [6.45, 7) is 2.85. The second kappa shape index (κ2) is 4.82. The Labute approximate surface area is 90.2 Å². The lowest BCUT2D eigenvalue weighted by molar-refractivity contribution is 0.135. The monoisotopic (exact) mass is 204 g/mol. The fourth-order valence-electron chi connectivity index (χ4n) is 1.63. The highest BCUT2D eigenvalue weighted by molar-refractivity contribution is 5.46. The molecule has 80 valence electrons. The number of aryl methyl sites for hydroxylation is 1. The summed E-state index contributed by atoms with van der Waals surface area (Å²) in [5.74, 6) is 0. The maximum absolute atomic E-state index is 5.48. The number of pyridine rings is 1. The first kappa shape index (κ1) is 10.0. The standard InChI is InChI=1S/C12H16N2O/c1-10-12(6-4-7-13-10)14-9-11-5-2-3-8-15-11/h3-4,6-8,11,14H,2,5,9H2,1H3. The first-order valence-electron chi connectivity index (χ1n) is 5.32. The van der Waals surface area contributed by atoms with Crippen molar-refractivity contribution in [2.45, 2.75) is 25.9 Å². The maximum atomic E-state index is 5.48. The van der Waals surface area contributed by atoms with Crippen molar-refractivity contribution in [3.05, 3.63) is 36.4 Å². The van der Waals surface area contributed by atoms with Crippen LogP contribution in [-0.2, 0) is 4.74 Å². The van der Waals surface area contributed by atoms with Crippen LogP contribution >= 0.6 is 0 Å². The van der Waals surface area contributed by atoms with Gasteiger partial charge in [-0.1, -0.05) is 0 Å². The average Bonchev–Trinajstić information content (AvgIpc) is 2.29. The van der Waals surface area contributed by atoms with Crippen LogP contribution in [0.3, 0.4) is 0 Å². The topological polar surface area (TPSA) is 34.2 Å². The molecular formula is C12H16N2O. The molecule has 2 rings (SSSR count). The van der Waals surface area contributed by atoms with Crippen molar-refractivity contribution in [3.63, 3.8) is 0 Å². The Morgan fingerprint density at radius 3 is 3.27 bits per heavy atom. The van der Waals surface area contributed by atoms with Crippen LogP contribution in [0.2, 0.25) is 0 Å². The number of nitrogens with one attached hydrogen (secondary N) is 1. The molecule has 2 heterocycles. The summed E-state index contributed by atoms with van der Waals surface area (Å²) in [6, 6.07) is 3.98. The van der Waals surface area contributed by atoms with Gasteiger partial charge in [0, 0.05) is 6.20 Å². The largest absolute Gasteiger partial charge is 0.497 e. The Kier molecular flexibility index (Phi) is 3.22. The number of aromatic nitrogens is 1. The Balaban J connectivity index is 1.87. The number of ether oxygens (including phenoxy) is 1. The van der Waals surface area contributed by atoms with Gasteiger partial charge >= 0.3 is 0 Å². The lowest BCUT2D eigenvalue weighted by Crippen LogP contribution is -2.23. The van der Waals surface area contributed by atoms with E-state index in [0.29, 0.717) is 0 Å². The van der Waals surface area contributed by atoms with Crippen molar-refractivity contribution < 1.29 is 4.74 Å². The quantitative estimate of drug-likeness (QED) is 0.821. The molecule has 0 radical (unpaired) electrons. The predicted octanol–water partition coefficient (Wildman–Crippen LogP) is 2.49. The van der Waals surface area contributed by atoms with Crippen molar-refractivity contribution in [1.82, 2.24) is 4.98 Å². The van der Waals surface area contributed by atoms with Crippen molar-refractivity contribution in [1.29, 1.82) is 0 Å². The Morgan fingerprint density at radius 1 is 1.60 bits per heavy atom. The molecule has 3 heteroatoms. The SMILES string of the molecule is Cc1ncccc1NCC1CCC=CO1. The minimum absolute atomic E-state index is 0.287. The minimum Gasteiger partial charge on any atom is -0.497 e. The summed E-state index contributed by atoms with van der Waals surface area (Å²) in [5, 5.41) is 3.36. The zero-order valence-corrected chi connectivity index (χ0v) is 8.94. The molecule has 0 amide bonds. The summed E-state index contributed by atoms with van der Waals surface area (Å²) in [4.78, 5) is 4.23. The van der Waals surface area contributed by atoms with Gasteiger partial charge in [0.2, 0.25) is 0 Å². The van der Waals surface area contributed by atoms with Gasteiger partial charge in [0.25, 0.3) is 0 Å². The predicted molar refractivity (Wildman–Crippen MR) is 60.7 cm³/mol. The van der Waals surface area contributed by atoms with Gasteiger partial charge in [0.05, 0.1) is 24.2 Å². The van der Waals surface area contributed by atoms with Crippen molar-refractivity contribution in [2.24, 2.45) is 0 Å². The smallest absolute Gasteiger partial charge is 0.115 e. The summed E-state index contributed by atoms with van der Waals surface area (Å²) in [5.41, 5.74) is 2.12. The minimum atomic E-state index is 0.287. The van der Waals surface area contributed by atoms with Gasteiger partial charge in [-0.3, -0.25) is 4.98 Å². The van der Waals surface area contributed by atoms with Gasteiger partial charge in [-0.05, 0) is 38.0 Å². The number of rotatable bonds is 3. The average molecular weight is 204 g/mol. The molecule has 0 aliphatic carbocycles. The number of hydrogen-bond donors (Lipinski definition) is 1. The van der Waals surface area contributed by atoms with Gasteiger partial charge in [0.1, 0.15) is 6.10 Å². The molecule has 0 saturated heterocycles. The molecule has 1 aliphatic heterocycles. The fraction of sp³-hybridized carbons (Fsp3) is 0.417. The zero-order chi connectivity index (χ0) is 10.5. The van der Waals surface area contributed by atoms with Crippen molar-refractivity contribution >= 4 is 5.69 Å². The van der Waals surface area contributed by atoms with Gasteiger partial charge in [0.15, 0.2) is 0 Å². The fourth-order valence-corrected chi connectivity index (χ4v) is 1.63. The summed E-state index contributed by atoms with van der Waals surface area (Å²) in [6.07, 6.45) is 8.15. The second-order valence-electron chi connectivity index (χ2n) is 3.72. The molecule has 1 aliphatic rings. The number of nitrogens with zero attached hydrogens (tertiary/aromatic N) is 1. The van der Waals surface area contributed by atoms with Crippen LogP contribution in [0.25, 0.3) is 0 Å². The van der Waals surface area contributed by atoms with E-state index >= 15 is 0 Å². The molecular weight excluding hydrogens is 188 g/mol. The van der Waals surface area contributed by atoms with E-state index in [-0.39, 0.29) is 6.10 Å². The van der Waals surface area contributed by atoms with Gasteiger partial charge < -0.3 is 10.1 Å². The highest BCUT2D eigenvalue weighted by Crippen LogP contribution is 2.14. The van der Waals surface area contributed by atoms with Crippen LogP contribution in [0.4, 0.5) is 5.69 Å². The van der Waals surface area contributed by atoms with Crippen molar-refractivity contribution in [3.8, 4) is 0 Å². The maximum Gasteiger partial charge on any atom is 0.115 e. The third-order valence-corrected chi connectivity index (χ3v) is 2.55. The van der Waals surface area contributed by atoms with Crippen molar-refractivity contribution in [2.75, 3.05) is 11.9 Å². The second-order valence-corrected chi connectivity index (χ2v) is 3.72. The Hall–Kier alpha value is -1.51. The van der Waals surface area contributed by atoms with Crippen LogP contribution in [0, 0.1) is 6.92 Å². The van der Waals surface area contributed by atoms with E-state index in [1.807, 2.05) is 19.1 Å². The molecule has 1 aromatic rings. The van der Waals surface area contributed by atoms with Crippen LogP contribution in [0.15, 0.2) is 30.7 Å². The summed E-state index contributed by atoms with van der Waals surface area (Å²) >= 11 is 0. The first-order valence-corrected chi connectivity index (χ1v) is 5.32. The molecule has 0 saturated carbocycles. The highest BCUT2D eigenvalue weighted by Gasteiger charge is 2.10. The first-order chi connectivity index (χ1) is 7.36. The number of anilines is 1. The Bertz CT molecular complexity index is 349. The van der Waals surface area contributed by atoms with E-state index in [1.54, 1.807) is 12.5 Å². The van der Waals surface area contributed by atoms with Gasteiger partial charge in [-0.25, -0.2) is 0 Å². The normalized spacial score (nSPS) is 19.7. The third kappa shape index (κ3) is 2.72. The van der Waals surface area contributed by atoms with E-state index in [1.165, 1.54) is 0 Å². The molecule has 0 fully saturated rings. The van der Waals surface area contributed by atoms with Crippen LogP contribution in [0.5, 0.6) is 0 Å². The molecule has 1 aromatic heterocycles. The van der Waals surface area contributed by atoms with E-state index < -0.39 is 0 Å². The molecule has 0 aromatic carbocycles. The number of allylic oxidation sites excluding steroid dienone is 1. The van der Waals surface area contributed by atoms with Crippen LogP contribution < -0.4 is 5.32 Å². The van der Waals surface area contributed by atoms with E-state index in [2.05, 4.69) is 16.4 Å². The Morgan fingerprint density at radius 2 is 2.53 bits per heavy atom. The van der Waals surface area contributed by atoms with Crippen LogP contribution in [0.1, 0.15) is 18.5 Å². The summed E-state index contributed by atoms with van der Waals surface area (Å²) in [7, 11) is 0. The number of hydrogen-bond acceptors (Lipinski definition) is 3. The van der Waals surface area contributed by atoms with Gasteiger partial charge in [-0.2, -0.15) is 0 Å². The molecule has 1 atom stereocenters. The highest BCUT2D eigenvalue weighted by atomic mass is 16.5. The molecule has 0 spiro atoms. The molecule has 15 heavy (non-hydrogen) atoms. The lowest BCUT2D eigenvalue weighted by Gasteiger charge is -2.20.